The predicted molar refractivity (Wildman–Crippen MR) is 89.7 cm³/mol. The molecule has 1 N–H and O–H groups in total. The Morgan fingerprint density at radius 2 is 1.76 bits per heavy atom. The summed E-state index contributed by atoms with van der Waals surface area (Å²) in [5, 5.41) is 3.79. The van der Waals surface area contributed by atoms with Crippen molar-refractivity contribution in [2.75, 3.05) is 13.1 Å². The molecule has 1 aromatic rings. The van der Waals surface area contributed by atoms with Crippen LogP contribution in [0.4, 0.5) is 0 Å². The van der Waals surface area contributed by atoms with Crippen LogP contribution in [0.15, 0.2) is 12.1 Å². The van der Waals surface area contributed by atoms with Crippen molar-refractivity contribution in [1.82, 2.24) is 10.2 Å². The minimum Gasteiger partial charge on any atom is -0.312 e. The van der Waals surface area contributed by atoms with Gasteiger partial charge in [0.25, 0.3) is 0 Å². The molecule has 2 unspecified atom stereocenters. The Hall–Kier alpha value is -0.860. The van der Waals surface area contributed by atoms with Gasteiger partial charge < -0.3 is 5.32 Å². The molecule has 116 valence electrons. The summed E-state index contributed by atoms with van der Waals surface area (Å²) in [6.45, 7) is 12.7. The Kier molecular flexibility index (Phi) is 4.37. The highest BCUT2D eigenvalue weighted by molar-refractivity contribution is 5.37. The molecule has 1 saturated carbocycles. The van der Waals surface area contributed by atoms with Crippen molar-refractivity contribution in [1.29, 1.82) is 0 Å². The van der Waals surface area contributed by atoms with Gasteiger partial charge in [0.2, 0.25) is 0 Å². The molecule has 1 aliphatic carbocycles. The standard InChI is InChI=1S/C19H30N2/c1-13-9-14(2)18(15(3)10-13)11-21-12-19(17-5-6-17)20-8-7-16(21)4/h9-10,16-17,19-20H,5-8,11-12H2,1-4H3. The molecule has 2 atom stereocenters. The average Bonchev–Trinajstić information content (AvgIpc) is 3.22. The van der Waals surface area contributed by atoms with E-state index in [1.165, 1.54) is 49.0 Å². The SMILES string of the molecule is Cc1cc(C)c(CN2CC(C3CC3)NCCC2C)c(C)c1. The van der Waals surface area contributed by atoms with Crippen molar-refractivity contribution in [2.24, 2.45) is 5.92 Å². The normalized spacial score (nSPS) is 27.6. The molecule has 2 nitrogen and oxygen atoms in total. The fourth-order valence-electron chi connectivity index (χ4n) is 3.85. The van der Waals surface area contributed by atoms with E-state index in [9.17, 15) is 0 Å². The molecule has 21 heavy (non-hydrogen) atoms. The van der Waals surface area contributed by atoms with E-state index in [1.807, 2.05) is 0 Å². The number of rotatable bonds is 3. The highest BCUT2D eigenvalue weighted by Crippen LogP contribution is 2.34. The number of nitrogens with one attached hydrogen (secondary N) is 1. The fraction of sp³-hybridized carbons (Fsp3) is 0.684. The lowest BCUT2D eigenvalue weighted by Gasteiger charge is -2.30. The van der Waals surface area contributed by atoms with Crippen LogP contribution in [0.5, 0.6) is 0 Å². The van der Waals surface area contributed by atoms with Gasteiger partial charge in [-0.3, -0.25) is 4.90 Å². The third-order valence-electron chi connectivity index (χ3n) is 5.42. The number of aryl methyl sites for hydroxylation is 3. The summed E-state index contributed by atoms with van der Waals surface area (Å²) in [4.78, 5) is 2.72. The molecule has 1 aliphatic heterocycles. The Balaban J connectivity index is 1.78. The minimum absolute atomic E-state index is 0.682. The van der Waals surface area contributed by atoms with Gasteiger partial charge in [0.15, 0.2) is 0 Å². The van der Waals surface area contributed by atoms with E-state index in [4.69, 9.17) is 0 Å². The van der Waals surface area contributed by atoms with Gasteiger partial charge in [-0.25, -0.2) is 0 Å². The van der Waals surface area contributed by atoms with Gasteiger partial charge in [0, 0.05) is 25.2 Å². The molecule has 2 aliphatic rings. The first-order chi connectivity index (χ1) is 10.0. The maximum absolute atomic E-state index is 3.79. The van der Waals surface area contributed by atoms with E-state index in [2.05, 4.69) is 50.0 Å². The molecule has 0 bridgehead atoms. The van der Waals surface area contributed by atoms with E-state index < -0.39 is 0 Å². The van der Waals surface area contributed by atoms with Crippen LogP contribution in [-0.4, -0.2) is 30.1 Å². The van der Waals surface area contributed by atoms with Gasteiger partial charge in [-0.05, 0) is 76.1 Å². The molecule has 3 rings (SSSR count). The van der Waals surface area contributed by atoms with Gasteiger partial charge in [-0.1, -0.05) is 17.7 Å². The lowest BCUT2D eigenvalue weighted by Crippen LogP contribution is -2.41. The number of benzene rings is 1. The Bertz CT molecular complexity index is 481. The van der Waals surface area contributed by atoms with E-state index >= 15 is 0 Å². The first-order valence-electron chi connectivity index (χ1n) is 8.58. The van der Waals surface area contributed by atoms with Crippen molar-refractivity contribution < 1.29 is 0 Å². The fourth-order valence-corrected chi connectivity index (χ4v) is 3.85. The van der Waals surface area contributed by atoms with Gasteiger partial charge in [0.1, 0.15) is 0 Å². The summed E-state index contributed by atoms with van der Waals surface area (Å²) >= 11 is 0. The minimum atomic E-state index is 0.682. The smallest absolute Gasteiger partial charge is 0.0242 e. The highest BCUT2D eigenvalue weighted by Gasteiger charge is 2.34. The molecule has 0 spiro atoms. The van der Waals surface area contributed by atoms with Crippen LogP contribution in [0.25, 0.3) is 0 Å². The molecule has 2 heteroatoms. The van der Waals surface area contributed by atoms with Crippen LogP contribution in [0, 0.1) is 26.7 Å². The summed E-state index contributed by atoms with van der Waals surface area (Å²) in [7, 11) is 0. The van der Waals surface area contributed by atoms with Crippen molar-refractivity contribution in [3.8, 4) is 0 Å². The van der Waals surface area contributed by atoms with E-state index in [0.29, 0.717) is 6.04 Å². The van der Waals surface area contributed by atoms with Crippen LogP contribution < -0.4 is 5.32 Å². The van der Waals surface area contributed by atoms with E-state index in [-0.39, 0.29) is 0 Å². The zero-order valence-electron chi connectivity index (χ0n) is 14.1. The summed E-state index contributed by atoms with van der Waals surface area (Å²) in [6, 6.07) is 6.07. The van der Waals surface area contributed by atoms with E-state index in [1.54, 1.807) is 5.56 Å². The zero-order valence-corrected chi connectivity index (χ0v) is 14.1. The lowest BCUT2D eigenvalue weighted by molar-refractivity contribution is 0.190. The van der Waals surface area contributed by atoms with Gasteiger partial charge >= 0.3 is 0 Å². The van der Waals surface area contributed by atoms with Crippen LogP contribution in [-0.2, 0) is 6.54 Å². The Morgan fingerprint density at radius 1 is 1.10 bits per heavy atom. The molecular formula is C19H30N2. The first kappa shape index (κ1) is 15.1. The monoisotopic (exact) mass is 286 g/mol. The molecule has 0 radical (unpaired) electrons. The van der Waals surface area contributed by atoms with Gasteiger partial charge in [0.05, 0.1) is 0 Å². The van der Waals surface area contributed by atoms with Gasteiger partial charge in [-0.15, -0.1) is 0 Å². The molecule has 1 saturated heterocycles. The first-order valence-corrected chi connectivity index (χ1v) is 8.58. The van der Waals surface area contributed by atoms with Crippen molar-refractivity contribution in [2.45, 2.75) is 65.6 Å². The number of hydrogen-bond donors (Lipinski definition) is 1. The topological polar surface area (TPSA) is 15.3 Å². The Labute approximate surface area is 129 Å². The van der Waals surface area contributed by atoms with Crippen molar-refractivity contribution in [3.63, 3.8) is 0 Å². The molecule has 0 aromatic heterocycles. The Morgan fingerprint density at radius 3 is 2.38 bits per heavy atom. The lowest BCUT2D eigenvalue weighted by atomic mass is 9.98. The van der Waals surface area contributed by atoms with Crippen LogP contribution in [0.2, 0.25) is 0 Å². The quantitative estimate of drug-likeness (QED) is 0.914. The maximum atomic E-state index is 3.79. The molecule has 2 fully saturated rings. The summed E-state index contributed by atoms with van der Waals surface area (Å²) in [6.07, 6.45) is 4.14. The third kappa shape index (κ3) is 3.49. The van der Waals surface area contributed by atoms with Crippen LogP contribution >= 0.6 is 0 Å². The van der Waals surface area contributed by atoms with Gasteiger partial charge in [-0.2, -0.15) is 0 Å². The van der Waals surface area contributed by atoms with Crippen molar-refractivity contribution in [3.05, 3.63) is 34.4 Å². The second-order valence-corrected chi connectivity index (χ2v) is 7.34. The molecule has 1 aromatic carbocycles. The predicted octanol–water partition coefficient (Wildman–Crippen LogP) is 3.57. The summed E-state index contributed by atoms with van der Waals surface area (Å²) in [5.74, 6) is 0.943. The zero-order chi connectivity index (χ0) is 15.0. The largest absolute Gasteiger partial charge is 0.312 e. The van der Waals surface area contributed by atoms with Crippen molar-refractivity contribution >= 4 is 0 Å². The average molecular weight is 286 g/mol. The second kappa shape index (κ2) is 6.10. The third-order valence-corrected chi connectivity index (χ3v) is 5.42. The summed E-state index contributed by atoms with van der Waals surface area (Å²) < 4.78 is 0. The van der Waals surface area contributed by atoms with E-state index in [0.717, 1.165) is 18.5 Å². The molecule has 0 amide bonds. The highest BCUT2D eigenvalue weighted by atomic mass is 15.2. The maximum Gasteiger partial charge on any atom is 0.0242 e. The number of hydrogen-bond acceptors (Lipinski definition) is 2. The van der Waals surface area contributed by atoms with Crippen LogP contribution in [0.1, 0.15) is 48.4 Å². The molecule has 1 heterocycles. The number of nitrogens with zero attached hydrogens (tertiary/aromatic N) is 1. The van der Waals surface area contributed by atoms with Crippen LogP contribution in [0.3, 0.4) is 0 Å². The second-order valence-electron chi connectivity index (χ2n) is 7.34. The summed E-state index contributed by atoms with van der Waals surface area (Å²) in [5.41, 5.74) is 5.85. The molecular weight excluding hydrogens is 256 g/mol.